The lowest BCUT2D eigenvalue weighted by Gasteiger charge is -2.26. The van der Waals surface area contributed by atoms with Gasteiger partial charge in [0.2, 0.25) is 0 Å². The second-order valence-corrected chi connectivity index (χ2v) is 17.9. The molecule has 0 spiro atoms. The van der Waals surface area contributed by atoms with Crippen LogP contribution in [-0.2, 0) is 55.8 Å². The minimum Gasteiger partial charge on any atom is -0.469 e. The van der Waals surface area contributed by atoms with E-state index in [1.165, 1.54) is 14.2 Å². The normalized spacial score (nSPS) is 15.8. The molecule has 3 atom stereocenters. The maximum absolute atomic E-state index is 15.0. The van der Waals surface area contributed by atoms with Crippen molar-refractivity contribution in [3.63, 3.8) is 0 Å². The van der Waals surface area contributed by atoms with Crippen LogP contribution in [0.1, 0.15) is 144 Å². The first-order chi connectivity index (χ1) is 29.0. The van der Waals surface area contributed by atoms with Gasteiger partial charge in [-0.25, -0.2) is 9.78 Å². The van der Waals surface area contributed by atoms with Gasteiger partial charge >= 0.3 is 23.9 Å². The third kappa shape index (κ3) is 10.3. The van der Waals surface area contributed by atoms with E-state index in [1.54, 1.807) is 48.5 Å². The summed E-state index contributed by atoms with van der Waals surface area (Å²) >= 11 is 0. The zero-order valence-corrected chi connectivity index (χ0v) is 38.4. The zero-order valence-electron chi connectivity index (χ0n) is 38.4. The van der Waals surface area contributed by atoms with Crippen molar-refractivity contribution >= 4 is 69.1 Å². The standard InChI is InChI=1S/C48H61N5O9/c1-15-28-24(3)32-20-34-26(5)30(17-18-39(54)59-13)43(51-34)31(19-40(55)60-14)44-42(45(57)53-38(46(58)62-48(10,11)12)23-41(56)61-47(7,8)9)27(6)35(52-44)22-37-29(16-2)25(4)33(50-37)21-36(28)49-32/h15,20-22,26,30,38,49-50H,1,16-19,23H2,2-14H3,(H,53,57)/t26-,30-,38-/m0/s1. The Labute approximate surface area is 363 Å². The van der Waals surface area contributed by atoms with Gasteiger partial charge in [0, 0.05) is 57.1 Å². The number of aryl methyl sites for hydroxylation is 3. The van der Waals surface area contributed by atoms with E-state index in [0.29, 0.717) is 41.1 Å². The predicted octanol–water partition coefficient (Wildman–Crippen LogP) is 8.18. The summed E-state index contributed by atoms with van der Waals surface area (Å²) in [5, 5.41) is 2.78. The number of fused-ring (bicyclic) bond motifs is 8. The topological polar surface area (TPSA) is 192 Å². The first-order valence-electron chi connectivity index (χ1n) is 21.0. The molecule has 332 valence electrons. The molecule has 0 aromatic carbocycles. The predicted molar refractivity (Wildman–Crippen MR) is 239 cm³/mol. The van der Waals surface area contributed by atoms with Crippen LogP contribution in [0, 0.1) is 13.8 Å². The fourth-order valence-corrected chi connectivity index (χ4v) is 8.05. The van der Waals surface area contributed by atoms with Gasteiger partial charge < -0.3 is 34.2 Å². The number of carbonyl (C=O) groups is 5. The number of nitrogens with zero attached hydrogens (tertiary/aromatic N) is 2. The minimum absolute atomic E-state index is 0.0563. The number of ether oxygens (including phenoxy) is 4. The number of carbonyl (C=O) groups excluding carboxylic acids is 5. The molecule has 14 nitrogen and oxygen atoms in total. The van der Waals surface area contributed by atoms with Gasteiger partial charge in [-0.2, -0.15) is 0 Å². The molecule has 3 aromatic rings. The molecule has 8 bridgehead atoms. The van der Waals surface area contributed by atoms with Gasteiger partial charge in [0.1, 0.15) is 17.2 Å². The van der Waals surface area contributed by atoms with Crippen LogP contribution in [0.4, 0.5) is 0 Å². The number of amides is 1. The maximum atomic E-state index is 15.0. The zero-order chi connectivity index (χ0) is 46.0. The molecule has 1 amide bonds. The van der Waals surface area contributed by atoms with Crippen molar-refractivity contribution in [3.8, 4) is 0 Å². The monoisotopic (exact) mass is 851 g/mol. The molecule has 3 aromatic heterocycles. The van der Waals surface area contributed by atoms with Crippen molar-refractivity contribution in [2.75, 3.05) is 14.2 Å². The molecule has 5 heterocycles. The quantitative estimate of drug-likeness (QED) is 0.118. The third-order valence-corrected chi connectivity index (χ3v) is 11.2. The maximum Gasteiger partial charge on any atom is 0.329 e. The van der Waals surface area contributed by atoms with E-state index in [-0.39, 0.29) is 30.0 Å². The average molecular weight is 852 g/mol. The number of methoxy groups -OCH3 is 2. The highest BCUT2D eigenvalue weighted by molar-refractivity contribution is 6.28. The second-order valence-electron chi connectivity index (χ2n) is 17.9. The number of hydrogen-bond donors (Lipinski definition) is 3. The molecule has 2 aliphatic rings. The van der Waals surface area contributed by atoms with E-state index in [0.717, 1.165) is 44.3 Å². The molecule has 0 fully saturated rings. The van der Waals surface area contributed by atoms with Crippen LogP contribution in [-0.4, -0.2) is 81.2 Å². The summed E-state index contributed by atoms with van der Waals surface area (Å²) in [4.78, 5) is 85.5. The van der Waals surface area contributed by atoms with E-state index in [1.807, 2.05) is 39.0 Å². The Bertz CT molecular complexity index is 2510. The smallest absolute Gasteiger partial charge is 0.329 e. The molecule has 0 saturated carbocycles. The number of hydrogen-bond acceptors (Lipinski definition) is 11. The van der Waals surface area contributed by atoms with Gasteiger partial charge in [-0.3, -0.25) is 24.2 Å². The Hall–Kier alpha value is -6.05. The first-order valence-corrected chi connectivity index (χ1v) is 21.0. The van der Waals surface area contributed by atoms with Crippen molar-refractivity contribution in [1.29, 1.82) is 0 Å². The van der Waals surface area contributed by atoms with Crippen LogP contribution in [0.25, 0.3) is 39.3 Å². The van der Waals surface area contributed by atoms with Gasteiger partial charge in [0.05, 0.1) is 49.7 Å². The van der Waals surface area contributed by atoms with Crippen LogP contribution >= 0.6 is 0 Å². The van der Waals surface area contributed by atoms with E-state index in [2.05, 4.69) is 34.9 Å². The van der Waals surface area contributed by atoms with Crippen molar-refractivity contribution in [1.82, 2.24) is 25.3 Å². The van der Waals surface area contributed by atoms with Gasteiger partial charge in [-0.05, 0) is 116 Å². The lowest BCUT2D eigenvalue weighted by molar-refractivity contribution is -0.165. The first kappa shape index (κ1) is 47.0. The van der Waals surface area contributed by atoms with Crippen LogP contribution < -0.4 is 5.32 Å². The summed E-state index contributed by atoms with van der Waals surface area (Å²) in [5.41, 5.74) is 7.91. The molecular formula is C48H61N5O9. The highest BCUT2D eigenvalue weighted by Gasteiger charge is 2.38. The molecule has 3 N–H and O–H groups in total. The van der Waals surface area contributed by atoms with E-state index >= 15 is 0 Å². The second kappa shape index (κ2) is 18.5. The highest BCUT2D eigenvalue weighted by atomic mass is 16.6. The molecule has 0 unspecified atom stereocenters. The summed E-state index contributed by atoms with van der Waals surface area (Å²) in [6.07, 6.45) is 2.01. The number of aromatic nitrogens is 4. The SMILES string of the molecule is C=Cc1c(C)c2cc3nc(c(CC(=O)OC)c4nc(cc5[nH]c(cc1[nH]2)c(C)c5CC)C(C)=C4C(=O)N[C@@H](CC(=O)OC(C)(C)C)C(=O)OC(C)(C)C)[C@@H](CCC(=O)OC)[C@@H]3C. The summed E-state index contributed by atoms with van der Waals surface area (Å²) in [7, 11) is 2.60. The van der Waals surface area contributed by atoms with Crippen LogP contribution in [0.15, 0.2) is 24.8 Å². The molecule has 14 heteroatoms. The lowest BCUT2D eigenvalue weighted by Crippen LogP contribution is -2.46. The number of allylic oxidation sites excluding steroid dienone is 1. The molecule has 0 saturated heterocycles. The average Bonchev–Trinajstić information content (AvgIpc) is 3.86. The van der Waals surface area contributed by atoms with Crippen molar-refractivity contribution in [2.45, 2.75) is 137 Å². The largest absolute Gasteiger partial charge is 0.469 e. The number of esters is 4. The summed E-state index contributed by atoms with van der Waals surface area (Å²) in [6, 6.07) is 4.43. The van der Waals surface area contributed by atoms with Crippen molar-refractivity contribution in [2.24, 2.45) is 0 Å². The molecule has 0 radical (unpaired) electrons. The molecule has 0 aliphatic carbocycles. The lowest BCUT2D eigenvalue weighted by atomic mass is 9.84. The fraction of sp³-hybridized carbons (Fsp3) is 0.479. The Morgan fingerprint density at radius 3 is 2.05 bits per heavy atom. The summed E-state index contributed by atoms with van der Waals surface area (Å²) in [5.74, 6) is -4.03. The number of nitrogens with one attached hydrogen (secondary N) is 3. The minimum atomic E-state index is -1.45. The molecule has 2 aliphatic heterocycles. The summed E-state index contributed by atoms with van der Waals surface area (Å²) < 4.78 is 21.5. The molecular weight excluding hydrogens is 791 g/mol. The van der Waals surface area contributed by atoms with Gasteiger partial charge in [-0.1, -0.05) is 26.5 Å². The van der Waals surface area contributed by atoms with Crippen LogP contribution in [0.5, 0.6) is 0 Å². The highest BCUT2D eigenvalue weighted by Crippen LogP contribution is 2.44. The van der Waals surface area contributed by atoms with E-state index < -0.39 is 59.4 Å². The van der Waals surface area contributed by atoms with Crippen molar-refractivity contribution < 1.29 is 42.9 Å². The molecule has 5 rings (SSSR count). The van der Waals surface area contributed by atoms with Gasteiger partial charge in [-0.15, -0.1) is 0 Å². The Morgan fingerprint density at radius 1 is 0.823 bits per heavy atom. The Kier molecular flexibility index (Phi) is 14.0. The fourth-order valence-electron chi connectivity index (χ4n) is 8.05. The van der Waals surface area contributed by atoms with Crippen LogP contribution in [0.3, 0.4) is 0 Å². The van der Waals surface area contributed by atoms with Gasteiger partial charge in [0.15, 0.2) is 0 Å². The van der Waals surface area contributed by atoms with Gasteiger partial charge in [0.25, 0.3) is 5.91 Å². The third-order valence-electron chi connectivity index (χ3n) is 11.2. The number of rotatable bonds is 12. The van der Waals surface area contributed by atoms with E-state index in [4.69, 9.17) is 28.9 Å². The number of aromatic amines is 2. The Morgan fingerprint density at radius 2 is 1.45 bits per heavy atom. The number of H-pyrrole nitrogens is 2. The summed E-state index contributed by atoms with van der Waals surface area (Å²) in [6.45, 7) is 24.1. The van der Waals surface area contributed by atoms with Crippen LogP contribution in [0.2, 0.25) is 0 Å². The Balaban J connectivity index is 1.91. The van der Waals surface area contributed by atoms with Crippen molar-refractivity contribution in [3.05, 3.63) is 75.4 Å². The molecule has 62 heavy (non-hydrogen) atoms. The van der Waals surface area contributed by atoms with E-state index in [9.17, 15) is 24.0 Å².